The fraction of sp³-hybridized carbons (Fsp3) is 0.942. The second kappa shape index (κ2) is 34.8. The van der Waals surface area contributed by atoms with E-state index in [4.69, 9.17) is 62.6 Å². The van der Waals surface area contributed by atoms with Gasteiger partial charge in [-0.1, -0.05) is 65.5 Å². The lowest BCUT2D eigenvalue weighted by Gasteiger charge is -2.58. The summed E-state index contributed by atoms with van der Waals surface area (Å²) in [6.07, 6.45) is 16.1. The van der Waals surface area contributed by atoms with E-state index in [9.17, 15) is 4.79 Å². The Balaban J connectivity index is 0.864. The number of alkyl carbamates (subject to hydrolysis) is 1. The fourth-order valence-electron chi connectivity index (χ4n) is 11.6. The van der Waals surface area contributed by atoms with Gasteiger partial charge in [-0.05, 0) is 91.3 Å². The molecule has 0 aliphatic heterocycles. The first kappa shape index (κ1) is 58.1. The molecular weight excluding hydrogens is 861 g/mol. The van der Waals surface area contributed by atoms with E-state index >= 15 is 0 Å². The van der Waals surface area contributed by atoms with Gasteiger partial charge in [0.05, 0.1) is 145 Å². The third-order valence-corrected chi connectivity index (χ3v) is 15.0. The molecule has 0 radical (unpaired) electrons. The molecule has 0 aromatic heterocycles. The predicted molar refractivity (Wildman–Crippen MR) is 259 cm³/mol. The highest BCUT2D eigenvalue weighted by Crippen LogP contribution is 2.67. The molecule has 0 saturated heterocycles. The zero-order valence-corrected chi connectivity index (χ0v) is 42.8. The molecule has 67 heavy (non-hydrogen) atoms. The minimum Gasteiger partial charge on any atom is -0.446 e. The van der Waals surface area contributed by atoms with Gasteiger partial charge in [-0.3, -0.25) is 0 Å². The van der Waals surface area contributed by atoms with Crippen molar-refractivity contribution in [2.24, 2.45) is 52.1 Å². The SMILES string of the molecule is CC(C)CCC[C@H](C)[C@@H]1CC[C@@H]2[C@H]3CC=C4C[C@H](OC(=O)NCCOCCOCCOCCOCCOCCOCCOCCOCCOCCOCCOCCN)CC[C@@]4(C)[C@@H]3CC[C@]21C. The van der Waals surface area contributed by atoms with Gasteiger partial charge in [-0.2, -0.15) is 0 Å². The highest BCUT2D eigenvalue weighted by atomic mass is 16.6. The third kappa shape index (κ3) is 21.8. The minimum absolute atomic E-state index is 0.0512. The molecule has 4 rings (SSSR count). The Morgan fingerprint density at radius 1 is 0.597 bits per heavy atom. The maximum Gasteiger partial charge on any atom is 0.407 e. The molecule has 8 atom stereocenters. The number of hydrogen-bond donors (Lipinski definition) is 2. The third-order valence-electron chi connectivity index (χ3n) is 15.0. The van der Waals surface area contributed by atoms with E-state index in [1.54, 1.807) is 5.57 Å². The zero-order chi connectivity index (χ0) is 47.8. The average molecular weight is 957 g/mol. The van der Waals surface area contributed by atoms with Crippen molar-refractivity contribution in [3.8, 4) is 0 Å². The Labute approximate surface area is 405 Å². The molecule has 4 aliphatic rings. The number of fused-ring (bicyclic) bond motifs is 5. The number of nitrogens with two attached hydrogens (primary N) is 1. The topological polar surface area (TPSA) is 166 Å². The van der Waals surface area contributed by atoms with Crippen molar-refractivity contribution in [1.29, 1.82) is 0 Å². The number of hydrogen-bond acceptors (Lipinski definition) is 14. The number of allylic oxidation sites excluding steroid dienone is 1. The van der Waals surface area contributed by atoms with Gasteiger partial charge in [0.1, 0.15) is 6.10 Å². The first-order valence-electron chi connectivity index (χ1n) is 26.4. The number of rotatable bonds is 41. The second-order valence-corrected chi connectivity index (χ2v) is 20.0. The average Bonchev–Trinajstić information content (AvgIpc) is 3.67. The number of carbonyl (C=O) groups excluding carboxylic acids is 1. The monoisotopic (exact) mass is 957 g/mol. The van der Waals surface area contributed by atoms with E-state index < -0.39 is 0 Å². The summed E-state index contributed by atoms with van der Waals surface area (Å²) in [6.45, 7) is 24.4. The Kier molecular flexibility index (Phi) is 30.2. The molecule has 0 heterocycles. The van der Waals surface area contributed by atoms with E-state index in [2.05, 4.69) is 46.0 Å². The van der Waals surface area contributed by atoms with Crippen LogP contribution in [0.2, 0.25) is 0 Å². The normalized spacial score (nSPS) is 26.3. The van der Waals surface area contributed by atoms with Crippen molar-refractivity contribution in [3.63, 3.8) is 0 Å². The van der Waals surface area contributed by atoms with Gasteiger partial charge < -0.3 is 67.9 Å². The van der Waals surface area contributed by atoms with Gasteiger partial charge >= 0.3 is 6.09 Å². The number of amides is 1. The fourth-order valence-corrected chi connectivity index (χ4v) is 11.6. The molecule has 3 fully saturated rings. The molecule has 392 valence electrons. The Bertz CT molecular complexity index is 1300. The molecule has 0 aromatic rings. The van der Waals surface area contributed by atoms with Crippen LogP contribution in [0.3, 0.4) is 0 Å². The van der Waals surface area contributed by atoms with Gasteiger partial charge in [0, 0.05) is 19.5 Å². The molecule has 3 saturated carbocycles. The number of carbonyl (C=O) groups is 1. The molecule has 0 unspecified atom stereocenters. The number of nitrogens with one attached hydrogen (secondary N) is 1. The van der Waals surface area contributed by atoms with Crippen LogP contribution in [0.5, 0.6) is 0 Å². The summed E-state index contributed by atoms with van der Waals surface area (Å²) in [5.74, 6) is 4.97. The first-order chi connectivity index (χ1) is 32.7. The van der Waals surface area contributed by atoms with Crippen LogP contribution in [-0.4, -0.2) is 171 Å². The summed E-state index contributed by atoms with van der Waals surface area (Å²) in [7, 11) is 0. The molecule has 3 N–H and O–H groups in total. The van der Waals surface area contributed by atoms with E-state index in [0.29, 0.717) is 164 Å². The molecule has 0 bridgehead atoms. The van der Waals surface area contributed by atoms with Crippen LogP contribution in [-0.2, 0) is 56.8 Å². The molecule has 1 amide bonds. The van der Waals surface area contributed by atoms with Crippen LogP contribution >= 0.6 is 0 Å². The summed E-state index contributed by atoms with van der Waals surface area (Å²) < 4.78 is 66.4. The molecule has 15 heteroatoms. The van der Waals surface area contributed by atoms with Crippen LogP contribution in [0.4, 0.5) is 4.79 Å². The van der Waals surface area contributed by atoms with E-state index in [1.165, 1.54) is 51.4 Å². The molecular formula is C52H96N2O13. The smallest absolute Gasteiger partial charge is 0.407 e. The Morgan fingerprint density at radius 2 is 1.06 bits per heavy atom. The van der Waals surface area contributed by atoms with Crippen LogP contribution in [0.25, 0.3) is 0 Å². The lowest BCUT2D eigenvalue weighted by molar-refractivity contribution is -0.0581. The van der Waals surface area contributed by atoms with Gasteiger partial charge in [-0.25, -0.2) is 4.79 Å². The largest absolute Gasteiger partial charge is 0.446 e. The van der Waals surface area contributed by atoms with Crippen LogP contribution in [0.15, 0.2) is 11.6 Å². The maximum atomic E-state index is 12.7. The van der Waals surface area contributed by atoms with E-state index in [-0.39, 0.29) is 17.6 Å². The molecule has 0 spiro atoms. The summed E-state index contributed by atoms with van der Waals surface area (Å²) >= 11 is 0. The van der Waals surface area contributed by atoms with E-state index in [0.717, 1.165) is 54.8 Å². The van der Waals surface area contributed by atoms with Gasteiger partial charge in [-0.15, -0.1) is 0 Å². The second-order valence-electron chi connectivity index (χ2n) is 20.0. The van der Waals surface area contributed by atoms with Crippen LogP contribution < -0.4 is 11.1 Å². The zero-order valence-electron chi connectivity index (χ0n) is 42.8. The standard InChI is InChI=1S/C52H96N2O13/c1-42(2)7-6-8-43(3)47-11-12-48-46-10-9-44-41-45(13-15-51(44,4)49(46)14-16-52(47,48)5)67-50(55)54-18-20-57-22-24-59-26-28-61-30-32-63-34-36-65-38-40-66-39-37-64-35-33-62-31-29-60-27-25-58-23-21-56-19-17-53/h9,42-43,45-49H,6-8,10-41,53H2,1-5H3,(H,54,55)/t43-,45+,46+,47-,48+,49+,51+,52-/m0/s1. The lowest BCUT2D eigenvalue weighted by Crippen LogP contribution is -2.51. The Hall–Kier alpha value is -1.47. The lowest BCUT2D eigenvalue weighted by atomic mass is 9.47. The van der Waals surface area contributed by atoms with Crippen molar-refractivity contribution in [2.75, 3.05) is 158 Å². The van der Waals surface area contributed by atoms with Gasteiger partial charge in [0.2, 0.25) is 0 Å². The van der Waals surface area contributed by atoms with Crippen molar-refractivity contribution in [2.45, 2.75) is 111 Å². The van der Waals surface area contributed by atoms with Crippen molar-refractivity contribution in [1.82, 2.24) is 5.32 Å². The van der Waals surface area contributed by atoms with Crippen molar-refractivity contribution < 1.29 is 61.6 Å². The number of ether oxygens (including phenoxy) is 12. The predicted octanol–water partition coefficient (Wildman–Crippen LogP) is 7.26. The first-order valence-corrected chi connectivity index (χ1v) is 26.4. The summed E-state index contributed by atoms with van der Waals surface area (Å²) in [6, 6.07) is 0. The molecule has 0 aromatic carbocycles. The molecule has 15 nitrogen and oxygen atoms in total. The van der Waals surface area contributed by atoms with Crippen LogP contribution in [0.1, 0.15) is 105 Å². The molecule has 4 aliphatic carbocycles. The highest BCUT2D eigenvalue weighted by Gasteiger charge is 2.59. The van der Waals surface area contributed by atoms with E-state index in [1.807, 2.05) is 0 Å². The highest BCUT2D eigenvalue weighted by molar-refractivity contribution is 5.67. The maximum absolute atomic E-state index is 12.7. The minimum atomic E-state index is -0.343. The summed E-state index contributed by atoms with van der Waals surface area (Å²) in [5.41, 5.74) is 7.66. The van der Waals surface area contributed by atoms with Crippen molar-refractivity contribution in [3.05, 3.63) is 11.6 Å². The van der Waals surface area contributed by atoms with Crippen LogP contribution in [0, 0.1) is 46.3 Å². The van der Waals surface area contributed by atoms with Gasteiger partial charge in [0.15, 0.2) is 0 Å². The summed E-state index contributed by atoms with van der Waals surface area (Å²) in [5, 5.41) is 2.89. The quantitative estimate of drug-likeness (QED) is 0.0465. The van der Waals surface area contributed by atoms with Gasteiger partial charge in [0.25, 0.3) is 0 Å². The Morgan fingerprint density at radius 3 is 1.52 bits per heavy atom. The summed E-state index contributed by atoms with van der Waals surface area (Å²) in [4.78, 5) is 12.7. The van der Waals surface area contributed by atoms with Crippen molar-refractivity contribution >= 4 is 6.09 Å².